The lowest BCUT2D eigenvalue weighted by atomic mass is 10.3. The lowest BCUT2D eigenvalue weighted by molar-refractivity contribution is 0.0471. The SMILES string of the molecule is Clc1ccc(OC[C@@H]2CC(Br)=NO2)cc1. The second-order valence-corrected chi connectivity index (χ2v) is 4.52. The highest BCUT2D eigenvalue weighted by molar-refractivity contribution is 9.18. The summed E-state index contributed by atoms with van der Waals surface area (Å²) in [6.45, 7) is 0.486. The number of oxime groups is 1. The molecule has 1 aliphatic rings. The van der Waals surface area contributed by atoms with Crippen LogP contribution in [0.3, 0.4) is 0 Å². The molecule has 0 bridgehead atoms. The Morgan fingerprint density at radius 2 is 2.20 bits per heavy atom. The third kappa shape index (κ3) is 3.11. The van der Waals surface area contributed by atoms with Gasteiger partial charge in [-0.2, -0.15) is 0 Å². The number of nitrogens with zero attached hydrogens (tertiary/aromatic N) is 1. The Balaban J connectivity index is 1.81. The van der Waals surface area contributed by atoms with Crippen LogP contribution in [0.2, 0.25) is 5.02 Å². The maximum Gasteiger partial charge on any atom is 0.167 e. The van der Waals surface area contributed by atoms with E-state index in [1.807, 2.05) is 12.1 Å². The van der Waals surface area contributed by atoms with E-state index in [4.69, 9.17) is 21.2 Å². The van der Waals surface area contributed by atoms with Crippen LogP contribution in [0.4, 0.5) is 0 Å². The van der Waals surface area contributed by atoms with Gasteiger partial charge in [-0.25, -0.2) is 0 Å². The largest absolute Gasteiger partial charge is 0.490 e. The normalized spacial score (nSPS) is 19.6. The van der Waals surface area contributed by atoms with Gasteiger partial charge in [-0.1, -0.05) is 16.8 Å². The minimum Gasteiger partial charge on any atom is -0.490 e. The number of hydrogen-bond donors (Lipinski definition) is 0. The molecule has 0 N–H and O–H groups in total. The molecule has 3 nitrogen and oxygen atoms in total. The average molecular weight is 291 g/mol. The highest BCUT2D eigenvalue weighted by Crippen LogP contribution is 2.18. The Morgan fingerprint density at radius 1 is 1.47 bits per heavy atom. The summed E-state index contributed by atoms with van der Waals surface area (Å²) in [4.78, 5) is 5.10. The first kappa shape index (κ1) is 10.8. The van der Waals surface area contributed by atoms with Gasteiger partial charge in [0.15, 0.2) is 6.10 Å². The van der Waals surface area contributed by atoms with Crippen LogP contribution in [-0.2, 0) is 4.84 Å². The molecule has 0 aliphatic carbocycles. The van der Waals surface area contributed by atoms with E-state index < -0.39 is 0 Å². The van der Waals surface area contributed by atoms with Crippen molar-refractivity contribution in [1.82, 2.24) is 0 Å². The van der Waals surface area contributed by atoms with Gasteiger partial charge >= 0.3 is 0 Å². The lowest BCUT2D eigenvalue weighted by Gasteiger charge is -2.09. The molecule has 0 spiro atoms. The molecule has 1 aromatic rings. The monoisotopic (exact) mass is 289 g/mol. The molecule has 80 valence electrons. The van der Waals surface area contributed by atoms with Crippen LogP contribution in [0.15, 0.2) is 29.4 Å². The summed E-state index contributed by atoms with van der Waals surface area (Å²) in [5.41, 5.74) is 0. The quantitative estimate of drug-likeness (QED) is 0.856. The Hall–Kier alpha value is -0.740. The zero-order valence-electron chi connectivity index (χ0n) is 7.82. The van der Waals surface area contributed by atoms with E-state index in [0.29, 0.717) is 11.6 Å². The van der Waals surface area contributed by atoms with Crippen LogP contribution >= 0.6 is 27.5 Å². The van der Waals surface area contributed by atoms with Gasteiger partial charge in [0.25, 0.3) is 0 Å². The topological polar surface area (TPSA) is 30.8 Å². The summed E-state index contributed by atoms with van der Waals surface area (Å²) in [6.07, 6.45) is 0.753. The van der Waals surface area contributed by atoms with Crippen LogP contribution < -0.4 is 4.74 Å². The summed E-state index contributed by atoms with van der Waals surface area (Å²) in [5, 5.41) is 4.48. The highest BCUT2D eigenvalue weighted by Gasteiger charge is 2.19. The maximum atomic E-state index is 5.75. The Labute approximate surface area is 101 Å². The molecule has 0 amide bonds. The van der Waals surface area contributed by atoms with Gasteiger partial charge in [-0.15, -0.1) is 0 Å². The van der Waals surface area contributed by atoms with E-state index in [1.54, 1.807) is 12.1 Å². The summed E-state index contributed by atoms with van der Waals surface area (Å²) in [5.74, 6) is 0.783. The van der Waals surface area contributed by atoms with Crippen molar-refractivity contribution in [3.05, 3.63) is 29.3 Å². The van der Waals surface area contributed by atoms with Crippen molar-refractivity contribution in [3.63, 3.8) is 0 Å². The standard InChI is InChI=1S/C10H9BrClNO2/c11-10-5-9(15-13-10)6-14-8-3-1-7(12)2-4-8/h1-4,9H,5-6H2/t9-/m0/s1. The minimum absolute atomic E-state index is 0.00458. The average Bonchev–Trinajstić information content (AvgIpc) is 2.64. The number of halogens is 2. The van der Waals surface area contributed by atoms with Gasteiger partial charge in [0.05, 0.1) is 0 Å². The van der Waals surface area contributed by atoms with Crippen LogP contribution in [-0.4, -0.2) is 17.3 Å². The fourth-order valence-corrected chi connectivity index (χ4v) is 1.77. The minimum atomic E-state index is -0.00458. The lowest BCUT2D eigenvalue weighted by Crippen LogP contribution is -2.17. The molecule has 2 rings (SSSR count). The first-order chi connectivity index (χ1) is 7.24. The van der Waals surface area contributed by atoms with E-state index in [9.17, 15) is 0 Å². The molecular formula is C10H9BrClNO2. The van der Waals surface area contributed by atoms with Crippen LogP contribution in [0.1, 0.15) is 6.42 Å². The number of hydrogen-bond acceptors (Lipinski definition) is 3. The van der Waals surface area contributed by atoms with Crippen molar-refractivity contribution >= 4 is 32.2 Å². The van der Waals surface area contributed by atoms with Crippen LogP contribution in [0.25, 0.3) is 0 Å². The van der Waals surface area contributed by atoms with Gasteiger partial charge in [0.1, 0.15) is 17.0 Å². The first-order valence-electron chi connectivity index (χ1n) is 4.50. The molecule has 1 aliphatic heterocycles. The van der Waals surface area contributed by atoms with E-state index in [1.165, 1.54) is 0 Å². The van der Waals surface area contributed by atoms with Gasteiger partial charge in [-0.05, 0) is 40.2 Å². The fourth-order valence-electron chi connectivity index (χ4n) is 1.20. The van der Waals surface area contributed by atoms with E-state index in [2.05, 4.69) is 21.1 Å². The number of rotatable bonds is 3. The second kappa shape index (κ2) is 4.86. The van der Waals surface area contributed by atoms with Crippen molar-refractivity contribution < 1.29 is 9.57 Å². The van der Waals surface area contributed by atoms with Crippen molar-refractivity contribution in [2.24, 2.45) is 5.16 Å². The molecule has 1 aromatic carbocycles. The number of benzene rings is 1. The fraction of sp³-hybridized carbons (Fsp3) is 0.300. The molecule has 0 unspecified atom stereocenters. The zero-order valence-corrected chi connectivity index (χ0v) is 10.2. The molecular weight excluding hydrogens is 281 g/mol. The van der Waals surface area contributed by atoms with Crippen molar-refractivity contribution in [2.45, 2.75) is 12.5 Å². The molecule has 0 saturated carbocycles. The Morgan fingerprint density at radius 3 is 2.80 bits per heavy atom. The van der Waals surface area contributed by atoms with Crippen molar-refractivity contribution in [1.29, 1.82) is 0 Å². The summed E-state index contributed by atoms with van der Waals surface area (Å²) >= 11 is 9.02. The molecule has 1 atom stereocenters. The molecule has 1 heterocycles. The van der Waals surface area contributed by atoms with Crippen molar-refractivity contribution in [3.8, 4) is 5.75 Å². The van der Waals surface area contributed by atoms with Crippen LogP contribution in [0.5, 0.6) is 5.75 Å². The molecule has 0 fully saturated rings. The second-order valence-electron chi connectivity index (χ2n) is 3.16. The predicted molar refractivity (Wildman–Crippen MR) is 62.8 cm³/mol. The van der Waals surface area contributed by atoms with Crippen LogP contribution in [0, 0.1) is 0 Å². The predicted octanol–water partition coefficient (Wildman–Crippen LogP) is 3.22. The highest BCUT2D eigenvalue weighted by atomic mass is 79.9. The van der Waals surface area contributed by atoms with Gasteiger partial charge in [0.2, 0.25) is 0 Å². The molecule has 0 radical (unpaired) electrons. The maximum absolute atomic E-state index is 5.75. The van der Waals surface area contributed by atoms with E-state index in [-0.39, 0.29) is 6.10 Å². The molecule has 0 aromatic heterocycles. The first-order valence-corrected chi connectivity index (χ1v) is 5.68. The number of ether oxygens (including phenoxy) is 1. The zero-order chi connectivity index (χ0) is 10.7. The summed E-state index contributed by atoms with van der Waals surface area (Å²) in [7, 11) is 0. The third-order valence-corrected chi connectivity index (χ3v) is 2.67. The summed E-state index contributed by atoms with van der Waals surface area (Å²) < 4.78 is 6.34. The molecule has 0 saturated heterocycles. The Bertz CT molecular complexity index is 366. The van der Waals surface area contributed by atoms with Gasteiger partial charge in [0, 0.05) is 11.4 Å². The summed E-state index contributed by atoms with van der Waals surface area (Å²) in [6, 6.07) is 7.23. The Kier molecular flexibility index (Phi) is 3.49. The smallest absolute Gasteiger partial charge is 0.167 e. The van der Waals surface area contributed by atoms with Crippen molar-refractivity contribution in [2.75, 3.05) is 6.61 Å². The van der Waals surface area contributed by atoms with Gasteiger partial charge < -0.3 is 9.57 Å². The molecule has 15 heavy (non-hydrogen) atoms. The molecule has 5 heteroatoms. The van der Waals surface area contributed by atoms with Gasteiger partial charge in [-0.3, -0.25) is 0 Å². The van der Waals surface area contributed by atoms with E-state index >= 15 is 0 Å². The third-order valence-electron chi connectivity index (χ3n) is 1.95. The van der Waals surface area contributed by atoms with E-state index in [0.717, 1.165) is 16.8 Å².